The van der Waals surface area contributed by atoms with Gasteiger partial charge in [-0.1, -0.05) is 0 Å². The molecular weight excluding hydrogens is 387 g/mol. The molecule has 0 spiro atoms. The Morgan fingerprint density at radius 1 is 1.00 bits per heavy atom. The van der Waals surface area contributed by atoms with E-state index >= 15 is 0 Å². The number of rotatable bonds is 3. The van der Waals surface area contributed by atoms with Crippen LogP contribution in [0.2, 0.25) is 0 Å². The standard InChI is InChI=1S/C17H23IN4/c1-10-7-13(8-11(2)14(10)18)20-15-12(3)9-19-16(21-15)22-17(4,5)6/h7-9H,1-6H3,(H2,19,20,21,22). The summed E-state index contributed by atoms with van der Waals surface area (Å²) in [6, 6.07) is 4.29. The van der Waals surface area contributed by atoms with Crippen LogP contribution in [0, 0.1) is 24.3 Å². The highest BCUT2D eigenvalue weighted by Gasteiger charge is 2.13. The van der Waals surface area contributed by atoms with Crippen molar-refractivity contribution in [3.8, 4) is 0 Å². The van der Waals surface area contributed by atoms with Gasteiger partial charge in [-0.3, -0.25) is 0 Å². The summed E-state index contributed by atoms with van der Waals surface area (Å²) in [5.74, 6) is 1.47. The van der Waals surface area contributed by atoms with Gasteiger partial charge in [0.1, 0.15) is 5.82 Å². The van der Waals surface area contributed by atoms with Crippen molar-refractivity contribution in [1.82, 2.24) is 9.97 Å². The zero-order valence-electron chi connectivity index (χ0n) is 14.0. The van der Waals surface area contributed by atoms with E-state index in [9.17, 15) is 0 Å². The van der Waals surface area contributed by atoms with Crippen molar-refractivity contribution in [2.24, 2.45) is 0 Å². The molecule has 0 atom stereocenters. The van der Waals surface area contributed by atoms with Gasteiger partial charge >= 0.3 is 0 Å². The van der Waals surface area contributed by atoms with E-state index in [0.717, 1.165) is 17.1 Å². The molecule has 118 valence electrons. The highest BCUT2D eigenvalue weighted by atomic mass is 127. The van der Waals surface area contributed by atoms with Crippen LogP contribution in [-0.2, 0) is 0 Å². The fourth-order valence-electron chi connectivity index (χ4n) is 2.12. The molecule has 5 heteroatoms. The summed E-state index contributed by atoms with van der Waals surface area (Å²) >= 11 is 2.38. The van der Waals surface area contributed by atoms with E-state index in [1.807, 2.05) is 13.1 Å². The molecule has 0 saturated carbocycles. The molecule has 0 aliphatic rings. The van der Waals surface area contributed by atoms with Crippen LogP contribution in [0.25, 0.3) is 0 Å². The number of aromatic nitrogens is 2. The molecule has 1 aromatic carbocycles. The van der Waals surface area contributed by atoms with Gasteiger partial charge in [-0.2, -0.15) is 4.98 Å². The van der Waals surface area contributed by atoms with Crippen molar-refractivity contribution in [2.45, 2.75) is 47.1 Å². The Labute approximate surface area is 146 Å². The SMILES string of the molecule is Cc1cnc(NC(C)(C)C)nc1Nc1cc(C)c(I)c(C)c1. The number of anilines is 3. The summed E-state index contributed by atoms with van der Waals surface area (Å²) in [6.45, 7) is 12.5. The molecule has 0 unspecified atom stereocenters. The monoisotopic (exact) mass is 410 g/mol. The normalized spacial score (nSPS) is 11.4. The number of aryl methyl sites for hydroxylation is 3. The van der Waals surface area contributed by atoms with Gasteiger partial charge in [-0.15, -0.1) is 0 Å². The third-order valence-corrected chi connectivity index (χ3v) is 4.86. The average Bonchev–Trinajstić information content (AvgIpc) is 2.38. The molecule has 0 amide bonds. The lowest BCUT2D eigenvalue weighted by molar-refractivity contribution is 0.626. The highest BCUT2D eigenvalue weighted by molar-refractivity contribution is 14.1. The highest BCUT2D eigenvalue weighted by Crippen LogP contribution is 2.25. The molecule has 0 saturated heterocycles. The van der Waals surface area contributed by atoms with E-state index in [0.29, 0.717) is 5.95 Å². The van der Waals surface area contributed by atoms with Crippen LogP contribution in [0.15, 0.2) is 18.3 Å². The maximum Gasteiger partial charge on any atom is 0.225 e. The first-order valence-electron chi connectivity index (χ1n) is 7.31. The Morgan fingerprint density at radius 2 is 1.59 bits per heavy atom. The van der Waals surface area contributed by atoms with Crippen LogP contribution in [0.3, 0.4) is 0 Å². The van der Waals surface area contributed by atoms with Gasteiger partial charge < -0.3 is 10.6 Å². The third-order valence-electron chi connectivity index (χ3n) is 3.16. The molecule has 2 rings (SSSR count). The Morgan fingerprint density at radius 3 is 2.14 bits per heavy atom. The van der Waals surface area contributed by atoms with Gasteiger partial charge in [-0.25, -0.2) is 4.98 Å². The van der Waals surface area contributed by atoms with E-state index in [1.54, 1.807) is 0 Å². The first-order chi connectivity index (χ1) is 10.2. The molecule has 0 aliphatic carbocycles. The Kier molecular flexibility index (Phi) is 4.94. The molecule has 2 aromatic rings. The molecule has 2 N–H and O–H groups in total. The quantitative estimate of drug-likeness (QED) is 0.703. The number of hydrogen-bond acceptors (Lipinski definition) is 4. The van der Waals surface area contributed by atoms with Crippen LogP contribution in [-0.4, -0.2) is 15.5 Å². The molecule has 0 aliphatic heterocycles. The van der Waals surface area contributed by atoms with Gasteiger partial charge in [0.15, 0.2) is 0 Å². The minimum absolute atomic E-state index is 0.0669. The van der Waals surface area contributed by atoms with E-state index in [-0.39, 0.29) is 5.54 Å². The Balaban J connectivity index is 2.31. The molecule has 22 heavy (non-hydrogen) atoms. The van der Waals surface area contributed by atoms with Gasteiger partial charge in [0.25, 0.3) is 0 Å². The second-order valence-electron chi connectivity index (χ2n) is 6.65. The van der Waals surface area contributed by atoms with Crippen LogP contribution < -0.4 is 10.6 Å². The second-order valence-corrected chi connectivity index (χ2v) is 7.73. The van der Waals surface area contributed by atoms with Crippen LogP contribution >= 0.6 is 22.6 Å². The Hall–Kier alpha value is -1.37. The fraction of sp³-hybridized carbons (Fsp3) is 0.412. The number of benzene rings is 1. The molecule has 1 aromatic heterocycles. The minimum Gasteiger partial charge on any atom is -0.350 e. The van der Waals surface area contributed by atoms with Crippen molar-refractivity contribution in [3.05, 3.63) is 38.6 Å². The summed E-state index contributed by atoms with van der Waals surface area (Å²) in [4.78, 5) is 8.95. The lowest BCUT2D eigenvalue weighted by atomic mass is 10.1. The predicted octanol–water partition coefficient (Wildman–Crippen LogP) is 4.96. The number of nitrogens with zero attached hydrogens (tertiary/aromatic N) is 2. The smallest absolute Gasteiger partial charge is 0.225 e. The summed E-state index contributed by atoms with van der Waals surface area (Å²) in [6.07, 6.45) is 1.84. The molecule has 0 bridgehead atoms. The number of hydrogen-bond donors (Lipinski definition) is 2. The molecule has 1 heterocycles. The molecule has 0 fully saturated rings. The van der Waals surface area contributed by atoms with Crippen molar-refractivity contribution in [3.63, 3.8) is 0 Å². The number of halogens is 1. The first kappa shape index (κ1) is 17.0. The van der Waals surface area contributed by atoms with Gasteiger partial charge in [-0.05, 0) is 87.4 Å². The fourth-order valence-corrected chi connectivity index (χ4v) is 2.43. The average molecular weight is 410 g/mol. The van der Waals surface area contributed by atoms with E-state index < -0.39 is 0 Å². The van der Waals surface area contributed by atoms with Gasteiger partial charge in [0.2, 0.25) is 5.95 Å². The second kappa shape index (κ2) is 6.40. The summed E-state index contributed by atoms with van der Waals surface area (Å²) in [5, 5.41) is 6.72. The topological polar surface area (TPSA) is 49.8 Å². The van der Waals surface area contributed by atoms with Crippen molar-refractivity contribution in [1.29, 1.82) is 0 Å². The zero-order chi connectivity index (χ0) is 16.5. The summed E-state index contributed by atoms with van der Waals surface area (Å²) in [7, 11) is 0. The minimum atomic E-state index is -0.0669. The molecule has 0 radical (unpaired) electrons. The van der Waals surface area contributed by atoms with E-state index in [2.05, 4.69) is 89.9 Å². The van der Waals surface area contributed by atoms with Gasteiger partial charge in [0, 0.05) is 26.6 Å². The maximum absolute atomic E-state index is 4.60. The van der Waals surface area contributed by atoms with Crippen molar-refractivity contribution >= 4 is 40.0 Å². The lowest BCUT2D eigenvalue weighted by Crippen LogP contribution is -2.27. The van der Waals surface area contributed by atoms with Crippen LogP contribution in [0.5, 0.6) is 0 Å². The first-order valence-corrected chi connectivity index (χ1v) is 8.39. The predicted molar refractivity (Wildman–Crippen MR) is 102 cm³/mol. The van der Waals surface area contributed by atoms with E-state index in [4.69, 9.17) is 0 Å². The summed E-state index contributed by atoms with van der Waals surface area (Å²) in [5.41, 5.74) is 4.54. The number of nitrogens with one attached hydrogen (secondary N) is 2. The lowest BCUT2D eigenvalue weighted by Gasteiger charge is -2.21. The molecule has 4 nitrogen and oxygen atoms in total. The van der Waals surface area contributed by atoms with E-state index in [1.165, 1.54) is 14.7 Å². The third kappa shape index (κ3) is 4.32. The summed E-state index contributed by atoms with van der Waals surface area (Å²) < 4.78 is 1.30. The largest absolute Gasteiger partial charge is 0.350 e. The molecular formula is C17H23IN4. The van der Waals surface area contributed by atoms with Crippen molar-refractivity contribution < 1.29 is 0 Å². The maximum atomic E-state index is 4.60. The van der Waals surface area contributed by atoms with Crippen LogP contribution in [0.1, 0.15) is 37.5 Å². The zero-order valence-corrected chi connectivity index (χ0v) is 16.2. The van der Waals surface area contributed by atoms with Gasteiger partial charge in [0.05, 0.1) is 0 Å². The Bertz CT molecular complexity index is 667. The van der Waals surface area contributed by atoms with Crippen molar-refractivity contribution in [2.75, 3.05) is 10.6 Å². The van der Waals surface area contributed by atoms with Crippen LogP contribution in [0.4, 0.5) is 17.5 Å².